The Morgan fingerprint density at radius 3 is 2.53 bits per heavy atom. The average Bonchev–Trinajstić information content (AvgIpc) is 2.19. The van der Waals surface area contributed by atoms with E-state index < -0.39 is 6.61 Å². The minimum atomic E-state index is -2.96. The average molecular weight is 237 g/mol. The molecule has 0 aliphatic carbocycles. The maximum atomic E-state index is 12.1. The second kappa shape index (κ2) is 4.96. The Morgan fingerprint density at radius 2 is 2.07 bits per heavy atom. The first-order valence-electron chi connectivity index (χ1n) is 3.78. The summed E-state index contributed by atoms with van der Waals surface area (Å²) in [6.07, 6.45) is 1.65. The predicted octanol–water partition coefficient (Wildman–Crippen LogP) is 1.39. The molecule has 0 aromatic carbocycles. The molecule has 1 aromatic rings. The molecule has 1 aromatic heterocycles. The molecule has 0 spiro atoms. The summed E-state index contributed by atoms with van der Waals surface area (Å²) in [5.74, 6) is -0.362. The van der Waals surface area contributed by atoms with Crippen LogP contribution in [0.2, 0.25) is 0 Å². The quantitative estimate of drug-likeness (QED) is 0.630. The van der Waals surface area contributed by atoms with Crippen molar-refractivity contribution in [1.29, 1.82) is 0 Å². The topological polar surface area (TPSA) is 70.3 Å². The lowest BCUT2D eigenvalue weighted by molar-refractivity contribution is -0.0539. The number of nitrogens with zero attached hydrogens (tertiary/aromatic N) is 2. The number of thioether (sulfide) groups is 1. The van der Waals surface area contributed by atoms with Gasteiger partial charge in [0.1, 0.15) is 5.03 Å². The molecular weight excluding hydrogens is 228 g/mol. The van der Waals surface area contributed by atoms with Crippen molar-refractivity contribution in [1.82, 2.24) is 9.97 Å². The fourth-order valence-electron chi connectivity index (χ4n) is 0.893. The second-order valence-corrected chi connectivity index (χ2v) is 3.10. The Morgan fingerprint density at radius 1 is 1.40 bits per heavy atom. The number of anilines is 1. The van der Waals surface area contributed by atoms with Crippen LogP contribution in [0, 0.1) is 0 Å². The number of hydrogen-bond acceptors (Lipinski definition) is 6. The third-order valence-corrected chi connectivity index (χ3v) is 2.08. The predicted molar refractivity (Wildman–Crippen MR) is 51.4 cm³/mol. The van der Waals surface area contributed by atoms with Crippen LogP contribution in [0.25, 0.3) is 0 Å². The van der Waals surface area contributed by atoms with Crippen molar-refractivity contribution in [2.24, 2.45) is 0 Å². The van der Waals surface area contributed by atoms with E-state index >= 15 is 0 Å². The van der Waals surface area contributed by atoms with Crippen molar-refractivity contribution in [3.63, 3.8) is 0 Å². The zero-order valence-electron chi connectivity index (χ0n) is 8.03. The molecule has 0 unspecified atom stereocenters. The van der Waals surface area contributed by atoms with Crippen LogP contribution in [0.15, 0.2) is 5.03 Å². The van der Waals surface area contributed by atoms with Crippen LogP contribution >= 0.6 is 11.8 Å². The van der Waals surface area contributed by atoms with Crippen LogP contribution < -0.4 is 15.2 Å². The molecule has 0 bridgehead atoms. The number of alkyl halides is 2. The van der Waals surface area contributed by atoms with E-state index in [9.17, 15) is 8.78 Å². The van der Waals surface area contributed by atoms with Crippen LogP contribution in [0.1, 0.15) is 0 Å². The number of aromatic nitrogens is 2. The van der Waals surface area contributed by atoms with Gasteiger partial charge in [-0.2, -0.15) is 13.8 Å². The van der Waals surface area contributed by atoms with Gasteiger partial charge in [-0.1, -0.05) is 0 Å². The summed E-state index contributed by atoms with van der Waals surface area (Å²) in [5, 5.41) is 0.208. The van der Waals surface area contributed by atoms with Gasteiger partial charge in [0.2, 0.25) is 11.7 Å². The van der Waals surface area contributed by atoms with Crippen molar-refractivity contribution >= 4 is 17.7 Å². The first-order valence-corrected chi connectivity index (χ1v) is 5.01. The highest BCUT2D eigenvalue weighted by molar-refractivity contribution is 7.98. The Labute approximate surface area is 89.0 Å². The SMILES string of the molecule is COc1nc(N)nc(SC)c1OC(F)F. The highest BCUT2D eigenvalue weighted by Crippen LogP contribution is 2.35. The van der Waals surface area contributed by atoms with Gasteiger partial charge in [0.25, 0.3) is 5.88 Å². The normalized spacial score (nSPS) is 10.5. The summed E-state index contributed by atoms with van der Waals surface area (Å²) < 4.78 is 33.2. The molecule has 1 rings (SSSR count). The largest absolute Gasteiger partial charge is 0.478 e. The van der Waals surface area contributed by atoms with Gasteiger partial charge >= 0.3 is 6.61 Å². The van der Waals surface area contributed by atoms with Crippen LogP contribution in [0.3, 0.4) is 0 Å². The summed E-state index contributed by atoms with van der Waals surface area (Å²) in [5.41, 5.74) is 5.35. The highest BCUT2D eigenvalue weighted by atomic mass is 32.2. The van der Waals surface area contributed by atoms with Crippen molar-refractivity contribution in [2.45, 2.75) is 11.6 Å². The summed E-state index contributed by atoms with van der Waals surface area (Å²) in [6, 6.07) is 0. The van der Waals surface area contributed by atoms with E-state index in [0.29, 0.717) is 0 Å². The van der Waals surface area contributed by atoms with E-state index in [1.807, 2.05) is 0 Å². The minimum absolute atomic E-state index is 0.0576. The van der Waals surface area contributed by atoms with Crippen LogP contribution in [-0.4, -0.2) is 29.9 Å². The number of nitrogen functional groups attached to an aromatic ring is 1. The number of hydrogen-bond donors (Lipinski definition) is 1. The summed E-state index contributed by atoms with van der Waals surface area (Å²) in [6.45, 7) is -2.96. The molecule has 0 atom stereocenters. The standard InChI is InChI=1S/C7H9F2N3O2S/c1-13-4-3(14-6(8)9)5(15-2)12-7(10)11-4/h6H,1-2H3,(H2,10,11,12). The number of rotatable bonds is 4. The fraction of sp³-hybridized carbons (Fsp3) is 0.429. The molecule has 1 heterocycles. The maximum Gasteiger partial charge on any atom is 0.387 e. The monoisotopic (exact) mass is 237 g/mol. The summed E-state index contributed by atoms with van der Waals surface area (Å²) >= 11 is 1.11. The molecule has 0 aliphatic rings. The molecule has 0 radical (unpaired) electrons. The molecule has 0 amide bonds. The van der Waals surface area contributed by atoms with Crippen LogP contribution in [0.5, 0.6) is 11.6 Å². The summed E-state index contributed by atoms with van der Waals surface area (Å²) in [4.78, 5) is 7.37. The van der Waals surface area contributed by atoms with Crippen LogP contribution in [0.4, 0.5) is 14.7 Å². The lowest BCUT2D eigenvalue weighted by Crippen LogP contribution is -2.08. The van der Waals surface area contributed by atoms with Crippen LogP contribution in [-0.2, 0) is 0 Å². The minimum Gasteiger partial charge on any atom is -0.478 e. The van der Waals surface area contributed by atoms with Crippen molar-refractivity contribution in [2.75, 3.05) is 19.1 Å². The van der Waals surface area contributed by atoms with E-state index in [-0.39, 0.29) is 22.6 Å². The molecular formula is C7H9F2N3O2S. The van der Waals surface area contributed by atoms with Gasteiger partial charge < -0.3 is 15.2 Å². The van der Waals surface area contributed by atoms with Gasteiger partial charge in [0.05, 0.1) is 7.11 Å². The molecule has 8 heteroatoms. The maximum absolute atomic E-state index is 12.1. The third kappa shape index (κ3) is 2.82. The molecule has 0 aliphatic heterocycles. The molecule has 0 saturated heterocycles. The second-order valence-electron chi connectivity index (χ2n) is 2.31. The number of nitrogens with two attached hydrogens (primary N) is 1. The van der Waals surface area contributed by atoms with Gasteiger partial charge in [-0.25, -0.2) is 4.98 Å². The number of ether oxygens (including phenoxy) is 2. The lowest BCUT2D eigenvalue weighted by Gasteiger charge is -2.11. The molecule has 84 valence electrons. The lowest BCUT2D eigenvalue weighted by atomic mass is 10.5. The van der Waals surface area contributed by atoms with E-state index in [1.165, 1.54) is 7.11 Å². The Balaban J connectivity index is 3.18. The smallest absolute Gasteiger partial charge is 0.387 e. The number of methoxy groups -OCH3 is 1. The Kier molecular flexibility index (Phi) is 3.89. The van der Waals surface area contributed by atoms with Gasteiger partial charge in [-0.05, 0) is 6.26 Å². The van der Waals surface area contributed by atoms with Crippen molar-refractivity contribution in [3.05, 3.63) is 0 Å². The molecule has 15 heavy (non-hydrogen) atoms. The van der Waals surface area contributed by atoms with E-state index in [0.717, 1.165) is 11.8 Å². The van der Waals surface area contributed by atoms with Gasteiger partial charge in [0, 0.05) is 0 Å². The van der Waals surface area contributed by atoms with Crippen molar-refractivity contribution < 1.29 is 18.3 Å². The van der Waals surface area contributed by atoms with Gasteiger partial charge in [-0.15, -0.1) is 11.8 Å². The van der Waals surface area contributed by atoms with E-state index in [4.69, 9.17) is 10.5 Å². The molecule has 5 nitrogen and oxygen atoms in total. The number of halogens is 2. The molecule has 2 N–H and O–H groups in total. The molecule has 0 fully saturated rings. The Bertz CT molecular complexity index is 326. The van der Waals surface area contributed by atoms with Gasteiger partial charge in [-0.3, -0.25) is 0 Å². The Hall–Kier alpha value is -1.31. The van der Waals surface area contributed by atoms with E-state index in [1.54, 1.807) is 6.26 Å². The van der Waals surface area contributed by atoms with Gasteiger partial charge in [0.15, 0.2) is 0 Å². The third-order valence-electron chi connectivity index (χ3n) is 1.41. The highest BCUT2D eigenvalue weighted by Gasteiger charge is 2.18. The van der Waals surface area contributed by atoms with E-state index in [2.05, 4.69) is 14.7 Å². The summed E-state index contributed by atoms with van der Waals surface area (Å²) in [7, 11) is 1.28. The first kappa shape index (κ1) is 11.8. The zero-order chi connectivity index (χ0) is 11.4. The fourth-order valence-corrected chi connectivity index (χ4v) is 1.40. The first-order chi connectivity index (χ1) is 7.08. The molecule has 0 saturated carbocycles. The van der Waals surface area contributed by atoms with Crippen molar-refractivity contribution in [3.8, 4) is 11.6 Å². The zero-order valence-corrected chi connectivity index (χ0v) is 8.85.